The van der Waals surface area contributed by atoms with Crippen LogP contribution in [0.2, 0.25) is 0 Å². The lowest BCUT2D eigenvalue weighted by Gasteiger charge is -1.99. The summed E-state index contributed by atoms with van der Waals surface area (Å²) in [5.74, 6) is 0.363. The summed E-state index contributed by atoms with van der Waals surface area (Å²) in [6.45, 7) is 4.95. The molecule has 0 saturated carbocycles. The van der Waals surface area contributed by atoms with Gasteiger partial charge in [0.05, 0.1) is 0 Å². The molecule has 0 fully saturated rings. The number of amides is 1. The average Bonchev–Trinajstić information content (AvgIpc) is 1.88. The van der Waals surface area contributed by atoms with Crippen LogP contribution in [0.5, 0.6) is 0 Å². The summed E-state index contributed by atoms with van der Waals surface area (Å²) in [6.07, 6.45) is 2.06. The molecule has 0 spiro atoms. The summed E-state index contributed by atoms with van der Waals surface area (Å²) < 4.78 is 4.43. The maximum absolute atomic E-state index is 10.2. The van der Waals surface area contributed by atoms with Crippen LogP contribution in [-0.2, 0) is 4.74 Å². The number of hydroxylamine groups is 1. The van der Waals surface area contributed by atoms with Crippen molar-refractivity contribution in [3.05, 3.63) is 24.5 Å². The predicted molar refractivity (Wildman–Crippen MR) is 35.4 cm³/mol. The fourth-order valence-corrected chi connectivity index (χ4v) is 0.369. The van der Waals surface area contributed by atoms with Crippen molar-refractivity contribution in [2.24, 2.45) is 0 Å². The predicted octanol–water partition coefficient (Wildman–Crippen LogP) is 1.19. The molecule has 0 aliphatic heterocycles. The molecule has 0 aromatic heterocycles. The molecule has 10 heavy (non-hydrogen) atoms. The second kappa shape index (κ2) is 4.58. The zero-order valence-electron chi connectivity index (χ0n) is 5.63. The van der Waals surface area contributed by atoms with Gasteiger partial charge >= 0.3 is 6.09 Å². The molecule has 0 unspecified atom stereocenters. The molecule has 0 atom stereocenters. The highest BCUT2D eigenvalue weighted by atomic mass is 16.6. The summed E-state index contributed by atoms with van der Waals surface area (Å²) in [6, 6.07) is 0. The Balaban J connectivity index is 3.78. The second-order valence-electron chi connectivity index (χ2n) is 1.51. The van der Waals surface area contributed by atoms with Crippen molar-refractivity contribution in [3.8, 4) is 0 Å². The van der Waals surface area contributed by atoms with Gasteiger partial charge in [0.1, 0.15) is 5.76 Å². The summed E-state index contributed by atoms with van der Waals surface area (Å²) in [5.41, 5.74) is 1.32. The molecule has 0 heterocycles. The number of carbonyl (C=O) groups is 1. The molecule has 0 rings (SSSR count). The van der Waals surface area contributed by atoms with Gasteiger partial charge in [-0.3, -0.25) is 5.21 Å². The van der Waals surface area contributed by atoms with Gasteiger partial charge in [0.25, 0.3) is 0 Å². The molecule has 0 radical (unpaired) electrons. The number of rotatable bonds is 2. The molecule has 2 N–H and O–H groups in total. The number of nitrogens with one attached hydrogen (secondary N) is 1. The van der Waals surface area contributed by atoms with E-state index in [4.69, 9.17) is 5.21 Å². The molecular formula is C6H9NO3. The van der Waals surface area contributed by atoms with Crippen molar-refractivity contribution in [1.29, 1.82) is 0 Å². The minimum absolute atomic E-state index is 0.363. The minimum Gasteiger partial charge on any atom is -0.414 e. The number of allylic oxidation sites excluding steroid dienone is 3. The quantitative estimate of drug-likeness (QED) is 0.264. The lowest BCUT2D eigenvalue weighted by atomic mass is 10.5. The first-order chi connectivity index (χ1) is 4.70. The SMILES string of the molecule is C=C/C=C(\C)OC(=O)NO. The van der Waals surface area contributed by atoms with Gasteiger partial charge in [-0.05, 0) is 13.0 Å². The van der Waals surface area contributed by atoms with Gasteiger partial charge in [-0.15, -0.1) is 0 Å². The fourth-order valence-electron chi connectivity index (χ4n) is 0.369. The van der Waals surface area contributed by atoms with Crippen molar-refractivity contribution < 1.29 is 14.7 Å². The van der Waals surface area contributed by atoms with E-state index >= 15 is 0 Å². The summed E-state index contributed by atoms with van der Waals surface area (Å²) in [7, 11) is 0. The van der Waals surface area contributed by atoms with Crippen LogP contribution >= 0.6 is 0 Å². The Hall–Kier alpha value is -1.29. The number of ether oxygens (including phenoxy) is 1. The normalized spacial score (nSPS) is 10.4. The smallest absolute Gasteiger partial charge is 0.414 e. The molecule has 0 aliphatic carbocycles. The fraction of sp³-hybridized carbons (Fsp3) is 0.167. The van der Waals surface area contributed by atoms with Crippen molar-refractivity contribution in [3.63, 3.8) is 0 Å². The molecular weight excluding hydrogens is 134 g/mol. The molecule has 56 valence electrons. The highest BCUT2D eigenvalue weighted by molar-refractivity contribution is 5.66. The van der Waals surface area contributed by atoms with Crippen LogP contribution < -0.4 is 5.48 Å². The standard InChI is InChI=1S/C6H9NO3/c1-3-4-5(2)10-6(8)7-9/h3-4,9H,1H2,2H3,(H,7,8)/b5-4+. The third-order valence-electron chi connectivity index (χ3n) is 0.698. The van der Waals surface area contributed by atoms with E-state index in [1.54, 1.807) is 6.92 Å². The Morgan fingerprint density at radius 3 is 2.80 bits per heavy atom. The van der Waals surface area contributed by atoms with Gasteiger partial charge in [-0.1, -0.05) is 12.7 Å². The first-order valence-electron chi connectivity index (χ1n) is 2.62. The first kappa shape index (κ1) is 8.71. The van der Waals surface area contributed by atoms with Crippen molar-refractivity contribution >= 4 is 6.09 Å². The maximum atomic E-state index is 10.2. The minimum atomic E-state index is -0.907. The van der Waals surface area contributed by atoms with Crippen LogP contribution in [0.25, 0.3) is 0 Å². The Bertz CT molecular complexity index is 162. The molecule has 0 aromatic rings. The Morgan fingerprint density at radius 1 is 1.80 bits per heavy atom. The second-order valence-corrected chi connectivity index (χ2v) is 1.51. The van der Waals surface area contributed by atoms with E-state index in [1.807, 2.05) is 0 Å². The van der Waals surface area contributed by atoms with Crippen molar-refractivity contribution in [1.82, 2.24) is 5.48 Å². The highest BCUT2D eigenvalue weighted by Gasteiger charge is 1.97. The largest absolute Gasteiger partial charge is 0.436 e. The van der Waals surface area contributed by atoms with E-state index in [9.17, 15) is 4.79 Å². The lowest BCUT2D eigenvalue weighted by Crippen LogP contribution is -2.18. The van der Waals surface area contributed by atoms with Crippen LogP contribution in [0, 0.1) is 0 Å². The van der Waals surface area contributed by atoms with E-state index in [-0.39, 0.29) is 0 Å². The van der Waals surface area contributed by atoms with Gasteiger partial charge < -0.3 is 4.74 Å². The Labute approximate surface area is 58.8 Å². The third kappa shape index (κ3) is 3.68. The first-order valence-corrected chi connectivity index (χ1v) is 2.62. The van der Waals surface area contributed by atoms with E-state index in [2.05, 4.69) is 11.3 Å². The summed E-state index contributed by atoms with van der Waals surface area (Å²) in [5, 5.41) is 7.97. The van der Waals surface area contributed by atoms with Crippen LogP contribution in [0.3, 0.4) is 0 Å². The highest BCUT2D eigenvalue weighted by Crippen LogP contribution is 1.94. The van der Waals surface area contributed by atoms with Crippen LogP contribution in [-0.4, -0.2) is 11.3 Å². The number of hydrogen-bond donors (Lipinski definition) is 2. The Kier molecular flexibility index (Phi) is 3.99. The van der Waals surface area contributed by atoms with E-state index in [0.717, 1.165) is 0 Å². The van der Waals surface area contributed by atoms with Crippen molar-refractivity contribution in [2.45, 2.75) is 6.92 Å². The molecule has 4 nitrogen and oxygen atoms in total. The number of hydrogen-bond acceptors (Lipinski definition) is 3. The molecule has 1 amide bonds. The average molecular weight is 143 g/mol. The Morgan fingerprint density at radius 2 is 2.40 bits per heavy atom. The molecule has 0 bridgehead atoms. The number of carbonyl (C=O) groups excluding carboxylic acids is 1. The monoisotopic (exact) mass is 143 g/mol. The maximum Gasteiger partial charge on any atom is 0.436 e. The van der Waals surface area contributed by atoms with Gasteiger partial charge in [0.15, 0.2) is 0 Å². The van der Waals surface area contributed by atoms with Gasteiger partial charge in [-0.2, -0.15) is 0 Å². The summed E-state index contributed by atoms with van der Waals surface area (Å²) >= 11 is 0. The third-order valence-corrected chi connectivity index (χ3v) is 0.698. The molecule has 0 aliphatic rings. The lowest BCUT2D eigenvalue weighted by molar-refractivity contribution is 0.110. The van der Waals surface area contributed by atoms with Crippen LogP contribution in [0.1, 0.15) is 6.92 Å². The van der Waals surface area contributed by atoms with E-state index < -0.39 is 6.09 Å². The molecule has 0 aromatic carbocycles. The van der Waals surface area contributed by atoms with Crippen molar-refractivity contribution in [2.75, 3.05) is 0 Å². The van der Waals surface area contributed by atoms with E-state index in [1.165, 1.54) is 17.6 Å². The summed E-state index contributed by atoms with van der Waals surface area (Å²) in [4.78, 5) is 10.2. The zero-order chi connectivity index (χ0) is 7.98. The molecule has 4 heteroatoms. The van der Waals surface area contributed by atoms with Gasteiger partial charge in [-0.25, -0.2) is 10.3 Å². The van der Waals surface area contributed by atoms with Crippen LogP contribution in [0.15, 0.2) is 24.5 Å². The van der Waals surface area contributed by atoms with Gasteiger partial charge in [0, 0.05) is 0 Å². The van der Waals surface area contributed by atoms with E-state index in [0.29, 0.717) is 5.76 Å². The van der Waals surface area contributed by atoms with Gasteiger partial charge in [0.2, 0.25) is 0 Å². The van der Waals surface area contributed by atoms with Crippen LogP contribution in [0.4, 0.5) is 4.79 Å². The zero-order valence-corrected chi connectivity index (χ0v) is 5.63. The molecule has 0 saturated heterocycles. The topological polar surface area (TPSA) is 58.6 Å².